The van der Waals surface area contributed by atoms with E-state index < -0.39 is 0 Å². The molecule has 0 bridgehead atoms. The Morgan fingerprint density at radius 3 is 2.80 bits per heavy atom. The zero-order chi connectivity index (χ0) is 10.9. The molecule has 1 nitrogen and oxygen atoms in total. The van der Waals surface area contributed by atoms with Crippen LogP contribution < -0.4 is 5.32 Å². The highest BCUT2D eigenvalue weighted by molar-refractivity contribution is 9.10. The second kappa shape index (κ2) is 4.74. The fourth-order valence-electron chi connectivity index (χ4n) is 1.76. The number of thiophene rings is 1. The van der Waals surface area contributed by atoms with Crippen molar-refractivity contribution in [3.63, 3.8) is 0 Å². The Kier molecular flexibility index (Phi) is 3.76. The average molecular weight is 309 g/mol. The Morgan fingerprint density at radius 2 is 2.33 bits per heavy atom. The summed E-state index contributed by atoms with van der Waals surface area (Å²) >= 11 is 11.1. The van der Waals surface area contributed by atoms with Crippen molar-refractivity contribution >= 4 is 38.9 Å². The molecule has 0 unspecified atom stereocenters. The average Bonchev–Trinajstić information content (AvgIpc) is 2.91. The molecule has 15 heavy (non-hydrogen) atoms. The third-order valence-corrected chi connectivity index (χ3v) is 5.68. The Labute approximate surface area is 108 Å². The zero-order valence-electron chi connectivity index (χ0n) is 8.78. The molecule has 1 saturated carbocycles. The van der Waals surface area contributed by atoms with Crippen molar-refractivity contribution in [2.75, 3.05) is 6.54 Å². The number of hydrogen-bond acceptors (Lipinski definition) is 2. The van der Waals surface area contributed by atoms with E-state index in [2.05, 4.69) is 34.2 Å². The van der Waals surface area contributed by atoms with E-state index in [0.717, 1.165) is 21.9 Å². The maximum atomic E-state index is 5.98. The van der Waals surface area contributed by atoms with Crippen LogP contribution in [0.3, 0.4) is 0 Å². The fourth-order valence-corrected chi connectivity index (χ4v) is 3.52. The van der Waals surface area contributed by atoms with E-state index in [0.29, 0.717) is 5.41 Å². The quantitative estimate of drug-likeness (QED) is 0.847. The summed E-state index contributed by atoms with van der Waals surface area (Å²) in [4.78, 5) is 1.30. The summed E-state index contributed by atoms with van der Waals surface area (Å²) in [6, 6.07) is 2.10. The molecule has 1 N–H and O–H groups in total. The smallest absolute Gasteiger partial charge is 0.107 e. The lowest BCUT2D eigenvalue weighted by Gasteiger charge is -2.12. The standard InChI is InChI=1S/C11H15BrClNS/c1-2-11(3-4-11)7-14-6-8-5-9(12)10(13)15-8/h5,14H,2-4,6-7H2,1H3. The molecular formula is C11H15BrClNS. The maximum absolute atomic E-state index is 5.98. The van der Waals surface area contributed by atoms with Crippen LogP contribution in [0.5, 0.6) is 0 Å². The van der Waals surface area contributed by atoms with Gasteiger partial charge < -0.3 is 5.32 Å². The molecule has 0 atom stereocenters. The molecule has 1 aliphatic carbocycles. The van der Waals surface area contributed by atoms with Crippen LogP contribution in [-0.2, 0) is 6.54 Å². The third-order valence-electron chi connectivity index (χ3n) is 3.20. The van der Waals surface area contributed by atoms with Crippen molar-refractivity contribution in [1.29, 1.82) is 0 Å². The van der Waals surface area contributed by atoms with Crippen molar-refractivity contribution in [2.24, 2.45) is 5.41 Å². The van der Waals surface area contributed by atoms with Gasteiger partial charge in [-0.25, -0.2) is 0 Å². The number of rotatable bonds is 5. The zero-order valence-corrected chi connectivity index (χ0v) is 11.9. The topological polar surface area (TPSA) is 12.0 Å². The van der Waals surface area contributed by atoms with E-state index in [1.807, 2.05) is 0 Å². The summed E-state index contributed by atoms with van der Waals surface area (Å²) in [6.07, 6.45) is 4.09. The molecule has 0 amide bonds. The van der Waals surface area contributed by atoms with Gasteiger partial charge in [-0.15, -0.1) is 11.3 Å². The van der Waals surface area contributed by atoms with Crippen molar-refractivity contribution in [2.45, 2.75) is 32.7 Å². The van der Waals surface area contributed by atoms with Crippen LogP contribution in [0.15, 0.2) is 10.5 Å². The summed E-state index contributed by atoms with van der Waals surface area (Å²) in [5.74, 6) is 0. The molecular weight excluding hydrogens is 294 g/mol. The summed E-state index contributed by atoms with van der Waals surface area (Å²) in [6.45, 7) is 4.38. The Bertz CT molecular complexity index is 327. The first-order chi connectivity index (χ1) is 7.15. The van der Waals surface area contributed by atoms with Crippen LogP contribution in [0.4, 0.5) is 0 Å². The third kappa shape index (κ3) is 2.96. The lowest BCUT2D eigenvalue weighted by Crippen LogP contribution is -2.22. The Balaban J connectivity index is 1.78. The number of hydrogen-bond donors (Lipinski definition) is 1. The molecule has 0 spiro atoms. The van der Waals surface area contributed by atoms with E-state index in [-0.39, 0.29) is 0 Å². The molecule has 0 saturated heterocycles. The highest BCUT2D eigenvalue weighted by Gasteiger charge is 2.39. The van der Waals surface area contributed by atoms with Crippen LogP contribution in [0.25, 0.3) is 0 Å². The second-order valence-corrected chi connectivity index (χ2v) is 6.88. The van der Waals surface area contributed by atoms with Gasteiger partial charge in [0.25, 0.3) is 0 Å². The van der Waals surface area contributed by atoms with Gasteiger partial charge in [0.05, 0.1) is 0 Å². The minimum atomic E-state index is 0.623. The monoisotopic (exact) mass is 307 g/mol. The van der Waals surface area contributed by atoms with Gasteiger partial charge in [-0.05, 0) is 46.7 Å². The summed E-state index contributed by atoms with van der Waals surface area (Å²) in [5, 5.41) is 3.53. The molecule has 1 heterocycles. The highest BCUT2D eigenvalue weighted by atomic mass is 79.9. The second-order valence-electron chi connectivity index (χ2n) is 4.29. The lowest BCUT2D eigenvalue weighted by atomic mass is 10.0. The largest absolute Gasteiger partial charge is 0.311 e. The first-order valence-electron chi connectivity index (χ1n) is 5.30. The predicted octanol–water partition coefficient (Wildman–Crippen LogP) is 4.44. The molecule has 4 heteroatoms. The molecule has 0 aromatic carbocycles. The maximum Gasteiger partial charge on any atom is 0.107 e. The summed E-state index contributed by atoms with van der Waals surface area (Å²) < 4.78 is 1.87. The molecule has 1 aromatic heterocycles. The molecule has 0 radical (unpaired) electrons. The van der Waals surface area contributed by atoms with Gasteiger partial charge >= 0.3 is 0 Å². The molecule has 1 fully saturated rings. The van der Waals surface area contributed by atoms with Gasteiger partial charge in [0.15, 0.2) is 0 Å². The SMILES string of the molecule is CCC1(CNCc2cc(Br)c(Cl)s2)CC1. The van der Waals surface area contributed by atoms with Gasteiger partial charge in [0, 0.05) is 22.4 Å². The first-order valence-corrected chi connectivity index (χ1v) is 7.28. The summed E-state index contributed by atoms with van der Waals surface area (Å²) in [7, 11) is 0. The van der Waals surface area contributed by atoms with E-state index in [1.54, 1.807) is 11.3 Å². The molecule has 1 aromatic rings. The van der Waals surface area contributed by atoms with E-state index >= 15 is 0 Å². The number of nitrogens with one attached hydrogen (secondary N) is 1. The Morgan fingerprint density at radius 1 is 1.60 bits per heavy atom. The predicted molar refractivity (Wildman–Crippen MR) is 70.7 cm³/mol. The fraction of sp³-hybridized carbons (Fsp3) is 0.636. The molecule has 2 rings (SSSR count). The van der Waals surface area contributed by atoms with Gasteiger partial charge in [-0.2, -0.15) is 0 Å². The minimum Gasteiger partial charge on any atom is -0.311 e. The number of halogens is 2. The highest BCUT2D eigenvalue weighted by Crippen LogP contribution is 2.47. The minimum absolute atomic E-state index is 0.623. The van der Waals surface area contributed by atoms with Crippen LogP contribution in [0, 0.1) is 5.41 Å². The molecule has 1 aliphatic rings. The van der Waals surface area contributed by atoms with Crippen LogP contribution >= 0.6 is 38.9 Å². The van der Waals surface area contributed by atoms with E-state index in [1.165, 1.54) is 24.1 Å². The van der Waals surface area contributed by atoms with Crippen LogP contribution in [-0.4, -0.2) is 6.54 Å². The van der Waals surface area contributed by atoms with Crippen molar-refractivity contribution < 1.29 is 0 Å². The molecule has 84 valence electrons. The van der Waals surface area contributed by atoms with Crippen LogP contribution in [0.1, 0.15) is 31.1 Å². The van der Waals surface area contributed by atoms with Crippen molar-refractivity contribution in [1.82, 2.24) is 5.32 Å². The lowest BCUT2D eigenvalue weighted by molar-refractivity contribution is 0.444. The molecule has 0 aliphatic heterocycles. The first kappa shape index (κ1) is 11.9. The normalized spacial score (nSPS) is 18.1. The van der Waals surface area contributed by atoms with E-state index in [4.69, 9.17) is 11.6 Å². The van der Waals surface area contributed by atoms with Crippen LogP contribution in [0.2, 0.25) is 4.34 Å². The van der Waals surface area contributed by atoms with Gasteiger partial charge in [0.2, 0.25) is 0 Å². The Hall–Kier alpha value is 0.430. The van der Waals surface area contributed by atoms with Gasteiger partial charge in [0.1, 0.15) is 4.34 Å². The van der Waals surface area contributed by atoms with Gasteiger partial charge in [-0.1, -0.05) is 18.5 Å². The van der Waals surface area contributed by atoms with E-state index in [9.17, 15) is 0 Å². The van der Waals surface area contributed by atoms with Gasteiger partial charge in [-0.3, -0.25) is 0 Å². The van der Waals surface area contributed by atoms with Crippen molar-refractivity contribution in [3.8, 4) is 0 Å². The van der Waals surface area contributed by atoms with Crippen molar-refractivity contribution in [3.05, 3.63) is 19.8 Å². The summed E-state index contributed by atoms with van der Waals surface area (Å²) in [5.41, 5.74) is 0.623.